The molecule has 2 aromatic heterocycles. The molecule has 4 rings (SSSR count). The molecule has 0 saturated carbocycles. The Kier molecular flexibility index (Phi) is 6.34. The van der Waals surface area contributed by atoms with Gasteiger partial charge in [-0.1, -0.05) is 30.0 Å². The zero-order valence-corrected chi connectivity index (χ0v) is 18.8. The Labute approximate surface area is 190 Å². The minimum absolute atomic E-state index is 0.0620. The summed E-state index contributed by atoms with van der Waals surface area (Å²) in [6.07, 6.45) is 1.61. The quantitative estimate of drug-likeness (QED) is 0.316. The molecule has 2 heterocycles. The zero-order valence-electron chi connectivity index (χ0n) is 16.4. The highest BCUT2D eigenvalue weighted by Crippen LogP contribution is 2.23. The van der Waals surface area contributed by atoms with Crippen LogP contribution < -0.4 is 15.6 Å². The number of nitrogens with zero attached hydrogens (tertiary/aromatic N) is 3. The van der Waals surface area contributed by atoms with E-state index in [1.54, 1.807) is 67.9 Å². The number of pyridine rings is 1. The van der Waals surface area contributed by atoms with Crippen LogP contribution in [0.2, 0.25) is 0 Å². The second-order valence-corrected chi connectivity index (χ2v) is 8.31. The van der Waals surface area contributed by atoms with Crippen LogP contribution in [-0.2, 0) is 4.79 Å². The lowest BCUT2D eigenvalue weighted by atomic mass is 10.2. The van der Waals surface area contributed by atoms with Crippen molar-refractivity contribution >= 4 is 50.3 Å². The molecule has 1 N–H and O–H groups in total. The standard InChI is InChI=1S/C22H17BrN4O3S/c1-30-16-6-4-5-15(11-16)27-21(29)17-7-2-3-8-18(17)25-22(27)31-13-20(28)26-19-10-9-14(23)12-24-19/h2-12H,13H2,1H3,(H,24,26,28). The Bertz CT molecular complexity index is 1310. The van der Waals surface area contributed by atoms with Gasteiger partial charge in [-0.15, -0.1) is 0 Å². The molecule has 0 bridgehead atoms. The maximum atomic E-state index is 13.3. The van der Waals surface area contributed by atoms with Crippen molar-refractivity contribution in [1.82, 2.24) is 14.5 Å². The molecule has 0 spiro atoms. The van der Waals surface area contributed by atoms with E-state index in [2.05, 4.69) is 31.2 Å². The van der Waals surface area contributed by atoms with Crippen molar-refractivity contribution in [2.75, 3.05) is 18.2 Å². The maximum absolute atomic E-state index is 13.3. The van der Waals surface area contributed by atoms with Gasteiger partial charge in [-0.2, -0.15) is 0 Å². The number of aromatic nitrogens is 3. The average Bonchev–Trinajstić information content (AvgIpc) is 2.79. The van der Waals surface area contributed by atoms with Crippen LogP contribution in [0.1, 0.15) is 0 Å². The Balaban J connectivity index is 1.68. The summed E-state index contributed by atoms with van der Waals surface area (Å²) in [5, 5.41) is 3.65. The normalized spacial score (nSPS) is 10.8. The number of halogens is 1. The SMILES string of the molecule is COc1cccc(-n2c(SCC(=O)Nc3ccc(Br)cn3)nc3ccccc3c2=O)c1. The third kappa shape index (κ3) is 4.78. The number of amides is 1. The smallest absolute Gasteiger partial charge is 0.266 e. The fourth-order valence-corrected chi connectivity index (χ4v) is 3.99. The number of para-hydroxylation sites is 1. The molecular formula is C22H17BrN4O3S. The molecule has 0 unspecified atom stereocenters. The van der Waals surface area contributed by atoms with E-state index < -0.39 is 0 Å². The summed E-state index contributed by atoms with van der Waals surface area (Å²) in [5.74, 6) is 0.879. The minimum atomic E-state index is -0.251. The highest BCUT2D eigenvalue weighted by Gasteiger charge is 2.15. The van der Waals surface area contributed by atoms with E-state index in [4.69, 9.17) is 4.74 Å². The fraction of sp³-hybridized carbons (Fsp3) is 0.0909. The van der Waals surface area contributed by atoms with Crippen LogP contribution in [0.5, 0.6) is 5.75 Å². The molecule has 0 radical (unpaired) electrons. The number of nitrogens with one attached hydrogen (secondary N) is 1. The van der Waals surface area contributed by atoms with E-state index in [9.17, 15) is 9.59 Å². The third-order valence-electron chi connectivity index (χ3n) is 4.38. The second kappa shape index (κ2) is 9.32. The van der Waals surface area contributed by atoms with Crippen molar-refractivity contribution in [3.63, 3.8) is 0 Å². The van der Waals surface area contributed by atoms with Gasteiger partial charge in [-0.05, 0) is 52.3 Å². The van der Waals surface area contributed by atoms with Crippen LogP contribution in [0.3, 0.4) is 0 Å². The molecule has 0 atom stereocenters. The number of methoxy groups -OCH3 is 1. The predicted octanol–water partition coefficient (Wildman–Crippen LogP) is 4.28. The molecule has 0 aliphatic rings. The van der Waals surface area contributed by atoms with Crippen LogP contribution in [0.4, 0.5) is 5.82 Å². The molecule has 156 valence electrons. The van der Waals surface area contributed by atoms with Crippen molar-refractivity contribution < 1.29 is 9.53 Å². The van der Waals surface area contributed by atoms with Crippen LogP contribution >= 0.6 is 27.7 Å². The number of fused-ring (bicyclic) bond motifs is 1. The van der Waals surface area contributed by atoms with Crippen molar-refractivity contribution in [2.24, 2.45) is 0 Å². The summed E-state index contributed by atoms with van der Waals surface area (Å²) >= 11 is 4.49. The van der Waals surface area contributed by atoms with Gasteiger partial charge in [0.15, 0.2) is 5.16 Å². The Morgan fingerprint density at radius 3 is 2.77 bits per heavy atom. The van der Waals surface area contributed by atoms with Gasteiger partial charge in [0.25, 0.3) is 5.56 Å². The van der Waals surface area contributed by atoms with Crippen molar-refractivity contribution in [3.8, 4) is 11.4 Å². The van der Waals surface area contributed by atoms with Gasteiger partial charge in [0.2, 0.25) is 5.91 Å². The number of hydrogen-bond donors (Lipinski definition) is 1. The number of carbonyl (C=O) groups is 1. The van der Waals surface area contributed by atoms with Gasteiger partial charge in [-0.3, -0.25) is 14.2 Å². The summed E-state index contributed by atoms with van der Waals surface area (Å²) < 4.78 is 7.62. The van der Waals surface area contributed by atoms with Gasteiger partial charge in [0.05, 0.1) is 29.5 Å². The van der Waals surface area contributed by atoms with Crippen LogP contribution in [0, 0.1) is 0 Å². The van der Waals surface area contributed by atoms with Crippen LogP contribution in [0.15, 0.2) is 81.3 Å². The molecule has 0 fully saturated rings. The van der Waals surface area contributed by atoms with E-state index in [1.807, 2.05) is 6.07 Å². The molecular weight excluding hydrogens is 480 g/mol. The number of carbonyl (C=O) groups excluding carboxylic acids is 1. The monoisotopic (exact) mass is 496 g/mol. The lowest BCUT2D eigenvalue weighted by Crippen LogP contribution is -2.23. The maximum Gasteiger partial charge on any atom is 0.266 e. The highest BCUT2D eigenvalue weighted by atomic mass is 79.9. The van der Waals surface area contributed by atoms with Crippen LogP contribution in [0.25, 0.3) is 16.6 Å². The summed E-state index contributed by atoms with van der Waals surface area (Å²) in [4.78, 5) is 34.5. The Morgan fingerprint density at radius 1 is 1.16 bits per heavy atom. The Hall–Kier alpha value is -3.17. The number of rotatable bonds is 6. The third-order valence-corrected chi connectivity index (χ3v) is 5.79. The lowest BCUT2D eigenvalue weighted by Gasteiger charge is -2.14. The van der Waals surface area contributed by atoms with E-state index in [1.165, 1.54) is 16.3 Å². The van der Waals surface area contributed by atoms with E-state index in [0.717, 1.165) is 4.47 Å². The van der Waals surface area contributed by atoms with Crippen LogP contribution in [-0.4, -0.2) is 33.3 Å². The van der Waals surface area contributed by atoms with E-state index in [0.29, 0.717) is 33.3 Å². The topological polar surface area (TPSA) is 86.1 Å². The number of benzene rings is 2. The molecule has 4 aromatic rings. The number of ether oxygens (including phenoxy) is 1. The van der Waals surface area contributed by atoms with Crippen molar-refractivity contribution in [3.05, 3.63) is 81.7 Å². The average molecular weight is 497 g/mol. The van der Waals surface area contributed by atoms with Gasteiger partial charge in [0, 0.05) is 16.7 Å². The molecule has 7 nitrogen and oxygen atoms in total. The summed E-state index contributed by atoms with van der Waals surface area (Å²) in [7, 11) is 1.57. The molecule has 9 heteroatoms. The summed E-state index contributed by atoms with van der Waals surface area (Å²) in [6.45, 7) is 0. The number of thioether (sulfide) groups is 1. The predicted molar refractivity (Wildman–Crippen MR) is 125 cm³/mol. The zero-order chi connectivity index (χ0) is 21.8. The van der Waals surface area contributed by atoms with E-state index >= 15 is 0 Å². The Morgan fingerprint density at radius 2 is 2.00 bits per heavy atom. The van der Waals surface area contributed by atoms with Gasteiger partial charge in [-0.25, -0.2) is 9.97 Å². The largest absolute Gasteiger partial charge is 0.497 e. The minimum Gasteiger partial charge on any atom is -0.497 e. The van der Waals surface area contributed by atoms with Gasteiger partial charge < -0.3 is 10.1 Å². The van der Waals surface area contributed by atoms with Gasteiger partial charge in [0.1, 0.15) is 11.6 Å². The first kappa shape index (κ1) is 21.1. The molecule has 0 saturated heterocycles. The van der Waals surface area contributed by atoms with E-state index in [-0.39, 0.29) is 17.2 Å². The summed E-state index contributed by atoms with van der Waals surface area (Å²) in [5.41, 5.74) is 0.973. The first-order valence-electron chi connectivity index (χ1n) is 9.25. The van der Waals surface area contributed by atoms with Gasteiger partial charge >= 0.3 is 0 Å². The fourth-order valence-electron chi connectivity index (χ4n) is 2.95. The molecule has 31 heavy (non-hydrogen) atoms. The molecule has 2 aromatic carbocycles. The van der Waals surface area contributed by atoms with Crippen molar-refractivity contribution in [1.29, 1.82) is 0 Å². The lowest BCUT2D eigenvalue weighted by molar-refractivity contribution is -0.113. The number of hydrogen-bond acceptors (Lipinski definition) is 6. The first-order valence-corrected chi connectivity index (χ1v) is 11.0. The van der Waals surface area contributed by atoms with Crippen molar-refractivity contribution in [2.45, 2.75) is 5.16 Å². The molecule has 0 aliphatic carbocycles. The highest BCUT2D eigenvalue weighted by molar-refractivity contribution is 9.10. The second-order valence-electron chi connectivity index (χ2n) is 6.45. The molecule has 1 amide bonds. The molecule has 0 aliphatic heterocycles. The first-order chi connectivity index (χ1) is 15.0. The number of anilines is 1. The summed E-state index contributed by atoms with van der Waals surface area (Å²) in [6, 6.07) is 17.8.